The van der Waals surface area contributed by atoms with Crippen LogP contribution in [0.4, 0.5) is 18.0 Å². The molecule has 2 unspecified atom stereocenters. The summed E-state index contributed by atoms with van der Waals surface area (Å²) >= 11 is 5.48. The molecule has 0 spiro atoms. The molecule has 4 rings (SSSR count). The Bertz CT molecular complexity index is 1180. The highest BCUT2D eigenvalue weighted by Crippen LogP contribution is 2.44. The van der Waals surface area contributed by atoms with Crippen molar-refractivity contribution in [2.45, 2.75) is 30.7 Å². The van der Waals surface area contributed by atoms with E-state index in [9.17, 15) is 28.2 Å². The second kappa shape index (κ2) is 10.2. The van der Waals surface area contributed by atoms with Crippen molar-refractivity contribution in [3.05, 3.63) is 88.2 Å². The lowest BCUT2D eigenvalue weighted by Crippen LogP contribution is -2.30. The molecular formula is C25H22ClF3N2O4. The van der Waals surface area contributed by atoms with Crippen LogP contribution in [0.25, 0.3) is 11.1 Å². The van der Waals surface area contributed by atoms with Crippen LogP contribution in [0.2, 0.25) is 5.15 Å². The Morgan fingerprint density at radius 1 is 1.09 bits per heavy atom. The minimum atomic E-state index is -4.75. The fraction of sp³-hybridized carbons (Fsp3) is 0.280. The zero-order valence-electron chi connectivity index (χ0n) is 18.3. The molecule has 0 aliphatic heterocycles. The quantitative estimate of drug-likeness (QED) is 0.389. The van der Waals surface area contributed by atoms with Gasteiger partial charge in [-0.3, -0.25) is 0 Å². The molecule has 0 radical (unpaired) electrons. The Morgan fingerprint density at radius 2 is 1.69 bits per heavy atom. The molecule has 0 saturated carbocycles. The van der Waals surface area contributed by atoms with Crippen molar-refractivity contribution in [3.8, 4) is 11.1 Å². The summed E-state index contributed by atoms with van der Waals surface area (Å²) in [4.78, 5) is 15.6. The normalized spacial score (nSPS) is 14.7. The van der Waals surface area contributed by atoms with E-state index in [0.29, 0.717) is 6.07 Å². The molecule has 35 heavy (non-hydrogen) atoms. The van der Waals surface area contributed by atoms with Gasteiger partial charge in [-0.25, -0.2) is 9.78 Å². The predicted molar refractivity (Wildman–Crippen MR) is 123 cm³/mol. The maximum atomic E-state index is 13.0. The first-order valence-electron chi connectivity index (χ1n) is 10.8. The first-order chi connectivity index (χ1) is 16.7. The van der Waals surface area contributed by atoms with Crippen molar-refractivity contribution in [2.75, 3.05) is 13.2 Å². The summed E-state index contributed by atoms with van der Waals surface area (Å²) in [6.45, 7) is 0.0454. The Hall–Kier alpha value is -3.14. The predicted octanol–water partition coefficient (Wildman–Crippen LogP) is 5.08. The van der Waals surface area contributed by atoms with Crippen molar-refractivity contribution >= 4 is 17.7 Å². The summed E-state index contributed by atoms with van der Waals surface area (Å²) in [6, 6.07) is 16.4. The zero-order valence-corrected chi connectivity index (χ0v) is 19.1. The minimum Gasteiger partial charge on any atom is -0.449 e. The molecule has 184 valence electrons. The van der Waals surface area contributed by atoms with E-state index in [1.165, 1.54) is 0 Å². The van der Waals surface area contributed by atoms with Gasteiger partial charge in [-0.1, -0.05) is 60.1 Å². The number of hydrogen-bond donors (Lipinski definition) is 3. The smallest absolute Gasteiger partial charge is 0.419 e. The summed E-state index contributed by atoms with van der Waals surface area (Å²) in [5.41, 5.74) is 2.87. The number of carbonyl (C=O) groups excluding carboxylic acids is 1. The number of alkyl carbamates (subject to hydrolysis) is 1. The molecule has 2 aromatic carbocycles. The number of carbonyl (C=O) groups is 1. The van der Waals surface area contributed by atoms with Gasteiger partial charge in [0.1, 0.15) is 17.9 Å². The molecule has 10 heteroatoms. The summed E-state index contributed by atoms with van der Waals surface area (Å²) < 4.78 is 44.4. The second-order valence-electron chi connectivity index (χ2n) is 8.16. The number of fused-ring (bicyclic) bond motifs is 3. The number of ether oxygens (including phenoxy) is 1. The van der Waals surface area contributed by atoms with Gasteiger partial charge in [-0.2, -0.15) is 13.2 Å². The van der Waals surface area contributed by atoms with E-state index in [1.54, 1.807) is 0 Å². The van der Waals surface area contributed by atoms with Crippen LogP contribution in [0.5, 0.6) is 0 Å². The largest absolute Gasteiger partial charge is 0.449 e. The number of amides is 1. The van der Waals surface area contributed by atoms with Crippen molar-refractivity contribution in [1.29, 1.82) is 0 Å². The minimum absolute atomic E-state index is 0.0674. The lowest BCUT2D eigenvalue weighted by Gasteiger charge is -2.20. The number of aliphatic hydroxyl groups excluding tert-OH is 2. The molecule has 2 atom stereocenters. The van der Waals surface area contributed by atoms with Crippen molar-refractivity contribution in [1.82, 2.24) is 10.3 Å². The number of rotatable bonds is 7. The highest BCUT2D eigenvalue weighted by Gasteiger charge is 2.35. The molecule has 1 heterocycles. The Balaban J connectivity index is 1.29. The fourth-order valence-electron chi connectivity index (χ4n) is 4.18. The molecule has 1 aromatic heterocycles. The van der Waals surface area contributed by atoms with Gasteiger partial charge in [0, 0.05) is 24.2 Å². The topological polar surface area (TPSA) is 91.7 Å². The average molecular weight is 507 g/mol. The van der Waals surface area contributed by atoms with Gasteiger partial charge in [0.25, 0.3) is 0 Å². The molecule has 3 N–H and O–H groups in total. The van der Waals surface area contributed by atoms with Crippen LogP contribution in [0.15, 0.2) is 60.8 Å². The molecule has 1 aliphatic carbocycles. The van der Waals surface area contributed by atoms with Gasteiger partial charge < -0.3 is 20.3 Å². The van der Waals surface area contributed by atoms with Crippen molar-refractivity contribution < 1.29 is 32.9 Å². The molecule has 0 bridgehead atoms. The maximum absolute atomic E-state index is 13.0. The van der Waals surface area contributed by atoms with Crippen LogP contribution in [-0.4, -0.2) is 40.5 Å². The Morgan fingerprint density at radius 3 is 2.29 bits per heavy atom. The highest BCUT2D eigenvalue weighted by atomic mass is 35.5. The second-order valence-corrected chi connectivity index (χ2v) is 8.52. The Labute approximate surface area is 204 Å². The maximum Gasteiger partial charge on any atom is 0.419 e. The fourth-order valence-corrected chi connectivity index (χ4v) is 4.39. The zero-order chi connectivity index (χ0) is 25.2. The van der Waals surface area contributed by atoms with Gasteiger partial charge in [0.15, 0.2) is 0 Å². The van der Waals surface area contributed by atoms with Crippen LogP contribution in [0.1, 0.15) is 40.7 Å². The highest BCUT2D eigenvalue weighted by molar-refractivity contribution is 6.30. The number of halogens is 4. The van der Waals surface area contributed by atoms with Crippen LogP contribution in [-0.2, 0) is 10.9 Å². The lowest BCUT2D eigenvalue weighted by atomic mass is 9.98. The molecule has 6 nitrogen and oxygen atoms in total. The third-order valence-corrected chi connectivity index (χ3v) is 6.23. The van der Waals surface area contributed by atoms with Gasteiger partial charge in [-0.05, 0) is 34.7 Å². The van der Waals surface area contributed by atoms with E-state index in [1.807, 2.05) is 48.5 Å². The van der Waals surface area contributed by atoms with Gasteiger partial charge >= 0.3 is 12.3 Å². The monoisotopic (exact) mass is 506 g/mol. The third-order valence-electron chi connectivity index (χ3n) is 5.92. The molecule has 1 aliphatic rings. The van der Waals surface area contributed by atoms with E-state index in [-0.39, 0.29) is 31.1 Å². The number of benzene rings is 2. The summed E-state index contributed by atoms with van der Waals surface area (Å²) in [7, 11) is 0. The SMILES string of the molecule is O=C(NCCC(O)C(O)c1cnc(Cl)c(C(F)(F)F)c1)OCC1c2ccccc2-c2ccccc21. The summed E-state index contributed by atoms with van der Waals surface area (Å²) in [5.74, 6) is -0.110. The van der Waals surface area contributed by atoms with Crippen LogP contribution >= 0.6 is 11.6 Å². The standard InChI is InChI=1S/C25H22ClF3N2O4/c26-23-20(25(27,28)29)11-14(12-31-23)22(33)21(32)9-10-30-24(34)35-13-19-17-7-3-1-5-15(17)16-6-2-4-8-18(16)19/h1-8,11-12,19,21-22,32-33H,9-10,13H2,(H,30,34). The van der Waals surface area contributed by atoms with Gasteiger partial charge in [-0.15, -0.1) is 0 Å². The number of hydrogen-bond acceptors (Lipinski definition) is 5. The van der Waals surface area contributed by atoms with Crippen molar-refractivity contribution in [3.63, 3.8) is 0 Å². The van der Waals surface area contributed by atoms with Crippen LogP contribution < -0.4 is 5.32 Å². The van der Waals surface area contributed by atoms with Gasteiger partial charge in [0.05, 0.1) is 11.7 Å². The van der Waals surface area contributed by atoms with E-state index in [2.05, 4.69) is 10.3 Å². The van der Waals surface area contributed by atoms with E-state index < -0.39 is 35.2 Å². The number of aliphatic hydroxyl groups is 2. The van der Waals surface area contributed by atoms with Crippen molar-refractivity contribution in [2.24, 2.45) is 0 Å². The number of alkyl halides is 3. The van der Waals surface area contributed by atoms with Gasteiger partial charge in [0.2, 0.25) is 0 Å². The third kappa shape index (κ3) is 5.42. The van der Waals surface area contributed by atoms with E-state index in [0.717, 1.165) is 28.5 Å². The Kier molecular flexibility index (Phi) is 7.30. The lowest BCUT2D eigenvalue weighted by molar-refractivity contribution is -0.137. The van der Waals surface area contributed by atoms with E-state index in [4.69, 9.17) is 16.3 Å². The number of pyridine rings is 1. The van der Waals surface area contributed by atoms with Crippen LogP contribution in [0, 0.1) is 0 Å². The van der Waals surface area contributed by atoms with E-state index >= 15 is 0 Å². The molecule has 0 saturated heterocycles. The van der Waals surface area contributed by atoms with Crippen LogP contribution in [0.3, 0.4) is 0 Å². The first kappa shape index (κ1) is 25.0. The summed E-state index contributed by atoms with van der Waals surface area (Å²) in [6.07, 6.45) is -7.73. The average Bonchev–Trinajstić information content (AvgIpc) is 3.15. The molecule has 3 aromatic rings. The number of nitrogens with one attached hydrogen (secondary N) is 1. The molecule has 1 amide bonds. The molecule has 0 fully saturated rings. The number of nitrogens with zero attached hydrogens (tertiary/aromatic N) is 1. The number of aromatic nitrogens is 1. The molecular weight excluding hydrogens is 485 g/mol. The summed E-state index contributed by atoms with van der Waals surface area (Å²) in [5, 5.41) is 22.1. The first-order valence-corrected chi connectivity index (χ1v) is 11.2.